The summed E-state index contributed by atoms with van der Waals surface area (Å²) in [4.78, 5) is 30.4. The quantitative estimate of drug-likeness (QED) is 0.827. The Hall–Kier alpha value is -2.83. The third-order valence-corrected chi connectivity index (χ3v) is 4.99. The molecule has 0 bridgehead atoms. The second-order valence-electron chi connectivity index (χ2n) is 7.06. The largest absolute Gasteiger partial charge is 0.352 e. The number of nitrogens with one attached hydrogen (secondary N) is 1. The maximum Gasteiger partial charge on any atom is 0.253 e. The van der Waals surface area contributed by atoms with E-state index < -0.39 is 11.6 Å². The Morgan fingerprint density at radius 1 is 1.14 bits per heavy atom. The summed E-state index contributed by atoms with van der Waals surface area (Å²) in [5, 5.41) is 2.73. The lowest BCUT2D eigenvalue weighted by molar-refractivity contribution is -0.121. The molecule has 0 spiro atoms. The highest BCUT2D eigenvalue weighted by atomic mass is 19.2. The number of carbonyl (C=O) groups excluding carboxylic acids is 2. The van der Waals surface area contributed by atoms with Gasteiger partial charge in [-0.2, -0.15) is 0 Å². The number of benzene rings is 1. The second kappa shape index (κ2) is 9.39. The zero-order chi connectivity index (χ0) is 19.9. The molecule has 2 amide bonds. The molecule has 2 aromatic rings. The van der Waals surface area contributed by atoms with Crippen molar-refractivity contribution in [1.82, 2.24) is 15.2 Å². The second-order valence-corrected chi connectivity index (χ2v) is 7.06. The van der Waals surface area contributed by atoms with Gasteiger partial charge >= 0.3 is 0 Å². The van der Waals surface area contributed by atoms with Crippen LogP contribution < -0.4 is 5.32 Å². The average Bonchev–Trinajstić information content (AvgIpc) is 2.73. The molecule has 0 aliphatic carbocycles. The minimum atomic E-state index is -0.923. The van der Waals surface area contributed by atoms with Gasteiger partial charge in [-0.15, -0.1) is 0 Å². The molecule has 1 aliphatic heterocycles. The molecule has 1 aliphatic rings. The lowest BCUT2D eigenvalue weighted by atomic mass is 9.93. The van der Waals surface area contributed by atoms with E-state index in [4.69, 9.17) is 0 Å². The van der Waals surface area contributed by atoms with E-state index in [1.165, 1.54) is 6.07 Å². The summed E-state index contributed by atoms with van der Waals surface area (Å²) in [5.74, 6) is -1.70. The van der Waals surface area contributed by atoms with E-state index in [9.17, 15) is 18.4 Å². The first-order chi connectivity index (χ1) is 13.5. The minimum absolute atomic E-state index is 0.00473. The first-order valence-corrected chi connectivity index (χ1v) is 9.43. The lowest BCUT2D eigenvalue weighted by Gasteiger charge is -2.32. The van der Waals surface area contributed by atoms with Crippen LogP contribution in [0.5, 0.6) is 0 Å². The van der Waals surface area contributed by atoms with Crippen molar-refractivity contribution in [2.24, 2.45) is 5.92 Å². The van der Waals surface area contributed by atoms with Crippen LogP contribution in [0.15, 0.2) is 42.7 Å². The smallest absolute Gasteiger partial charge is 0.253 e. The standard InChI is InChI=1S/C21H23F2N3O2/c22-18-5-3-16(12-19(18)23)13-25-20(27)6-4-15-2-1-11-26(14-15)21(28)17-7-9-24-10-8-17/h3,5,7-10,12,15H,1-2,4,6,11,13-14H2,(H,25,27)/t15-/m0/s1. The molecule has 148 valence electrons. The molecule has 1 aromatic carbocycles. The first kappa shape index (κ1) is 19.9. The van der Waals surface area contributed by atoms with Gasteiger partial charge in [-0.3, -0.25) is 14.6 Å². The number of piperidine rings is 1. The van der Waals surface area contributed by atoms with Crippen LogP contribution in [-0.4, -0.2) is 34.8 Å². The molecule has 0 saturated carbocycles. The molecule has 0 unspecified atom stereocenters. The molecule has 1 saturated heterocycles. The minimum Gasteiger partial charge on any atom is -0.352 e. The first-order valence-electron chi connectivity index (χ1n) is 9.43. The highest BCUT2D eigenvalue weighted by molar-refractivity contribution is 5.94. The third-order valence-electron chi connectivity index (χ3n) is 4.99. The maximum absolute atomic E-state index is 13.2. The topological polar surface area (TPSA) is 62.3 Å². The molecule has 7 heteroatoms. The van der Waals surface area contributed by atoms with Gasteiger partial charge in [0.2, 0.25) is 5.91 Å². The number of hydrogen-bond donors (Lipinski definition) is 1. The van der Waals surface area contributed by atoms with Crippen LogP contribution in [0.1, 0.15) is 41.6 Å². The van der Waals surface area contributed by atoms with Crippen LogP contribution in [0.4, 0.5) is 8.78 Å². The summed E-state index contributed by atoms with van der Waals surface area (Å²) < 4.78 is 26.1. The fraction of sp³-hybridized carbons (Fsp3) is 0.381. The molecular weight excluding hydrogens is 364 g/mol. The summed E-state index contributed by atoms with van der Waals surface area (Å²) in [6.07, 6.45) is 6.13. The zero-order valence-corrected chi connectivity index (χ0v) is 15.5. The van der Waals surface area contributed by atoms with Crippen LogP contribution in [0.2, 0.25) is 0 Å². The summed E-state index contributed by atoms with van der Waals surface area (Å²) in [6, 6.07) is 6.99. The Labute approximate surface area is 162 Å². The van der Waals surface area contributed by atoms with Crippen LogP contribution in [-0.2, 0) is 11.3 Å². The van der Waals surface area contributed by atoms with Gasteiger partial charge in [0.25, 0.3) is 5.91 Å². The number of nitrogens with zero attached hydrogens (tertiary/aromatic N) is 2. The summed E-state index contributed by atoms with van der Waals surface area (Å²) in [5.41, 5.74) is 1.14. The van der Waals surface area contributed by atoms with Crippen molar-refractivity contribution >= 4 is 11.8 Å². The Kier molecular flexibility index (Phi) is 6.68. The molecule has 3 rings (SSSR count). The van der Waals surface area contributed by atoms with Gasteiger partial charge in [-0.1, -0.05) is 6.07 Å². The number of aromatic nitrogens is 1. The summed E-state index contributed by atoms with van der Waals surface area (Å²) >= 11 is 0. The summed E-state index contributed by atoms with van der Waals surface area (Å²) in [7, 11) is 0. The van der Waals surface area contributed by atoms with Crippen molar-refractivity contribution in [2.75, 3.05) is 13.1 Å². The van der Waals surface area contributed by atoms with E-state index >= 15 is 0 Å². The molecular formula is C21H23F2N3O2. The Bertz CT molecular complexity index is 830. The number of amides is 2. The number of pyridine rings is 1. The molecule has 1 aromatic heterocycles. The fourth-order valence-electron chi connectivity index (χ4n) is 3.44. The fourth-order valence-corrected chi connectivity index (χ4v) is 3.44. The van der Waals surface area contributed by atoms with Gasteiger partial charge in [-0.25, -0.2) is 8.78 Å². The van der Waals surface area contributed by atoms with Gasteiger partial charge in [0.1, 0.15) is 0 Å². The van der Waals surface area contributed by atoms with E-state index in [1.807, 2.05) is 4.90 Å². The predicted octanol–water partition coefficient (Wildman–Crippen LogP) is 3.31. The van der Waals surface area contributed by atoms with Crippen LogP contribution >= 0.6 is 0 Å². The number of rotatable bonds is 6. The monoisotopic (exact) mass is 387 g/mol. The molecule has 0 radical (unpaired) electrons. The van der Waals surface area contributed by atoms with E-state index in [2.05, 4.69) is 10.3 Å². The van der Waals surface area contributed by atoms with Crippen LogP contribution in [0.25, 0.3) is 0 Å². The van der Waals surface area contributed by atoms with E-state index in [0.717, 1.165) is 31.5 Å². The van der Waals surface area contributed by atoms with Gasteiger partial charge in [0.05, 0.1) is 0 Å². The van der Waals surface area contributed by atoms with E-state index in [1.54, 1.807) is 24.5 Å². The van der Waals surface area contributed by atoms with Crippen LogP contribution in [0.3, 0.4) is 0 Å². The molecule has 28 heavy (non-hydrogen) atoms. The number of likely N-dealkylation sites (tertiary alicyclic amines) is 1. The van der Waals surface area contributed by atoms with Crippen molar-refractivity contribution in [1.29, 1.82) is 0 Å². The molecule has 2 heterocycles. The zero-order valence-electron chi connectivity index (χ0n) is 15.5. The van der Waals surface area contributed by atoms with E-state index in [0.29, 0.717) is 30.5 Å². The lowest BCUT2D eigenvalue weighted by Crippen LogP contribution is -2.40. The van der Waals surface area contributed by atoms with Gasteiger partial charge < -0.3 is 10.2 Å². The van der Waals surface area contributed by atoms with Crippen molar-refractivity contribution in [3.8, 4) is 0 Å². The van der Waals surface area contributed by atoms with E-state index in [-0.39, 0.29) is 24.3 Å². The molecule has 1 N–H and O–H groups in total. The molecule has 5 nitrogen and oxygen atoms in total. The Morgan fingerprint density at radius 2 is 1.93 bits per heavy atom. The predicted molar refractivity (Wildman–Crippen MR) is 100 cm³/mol. The van der Waals surface area contributed by atoms with Crippen LogP contribution in [0, 0.1) is 17.6 Å². The number of hydrogen-bond acceptors (Lipinski definition) is 3. The SMILES string of the molecule is O=C(CC[C@@H]1CCCN(C(=O)c2ccncc2)C1)NCc1ccc(F)c(F)c1. The van der Waals surface area contributed by atoms with Crippen molar-refractivity contribution < 1.29 is 18.4 Å². The molecule has 1 atom stereocenters. The summed E-state index contributed by atoms with van der Waals surface area (Å²) in [6.45, 7) is 1.52. The number of carbonyl (C=O) groups is 2. The van der Waals surface area contributed by atoms with Gasteiger partial charge in [-0.05, 0) is 55.0 Å². The van der Waals surface area contributed by atoms with Gasteiger partial charge in [0.15, 0.2) is 11.6 Å². The third kappa shape index (κ3) is 5.34. The van der Waals surface area contributed by atoms with Crippen molar-refractivity contribution in [3.63, 3.8) is 0 Å². The highest BCUT2D eigenvalue weighted by Gasteiger charge is 2.24. The van der Waals surface area contributed by atoms with Gasteiger partial charge in [0, 0.05) is 44.0 Å². The molecule has 1 fully saturated rings. The maximum atomic E-state index is 13.2. The van der Waals surface area contributed by atoms with Crippen molar-refractivity contribution in [2.45, 2.75) is 32.2 Å². The highest BCUT2D eigenvalue weighted by Crippen LogP contribution is 2.22. The normalized spacial score (nSPS) is 16.6. The Balaban J connectivity index is 1.44. The average molecular weight is 387 g/mol. The number of halogens is 2. The Morgan fingerprint density at radius 3 is 2.68 bits per heavy atom. The van der Waals surface area contributed by atoms with Crippen molar-refractivity contribution in [3.05, 3.63) is 65.5 Å².